The summed E-state index contributed by atoms with van der Waals surface area (Å²) in [7, 11) is -1.99. The summed E-state index contributed by atoms with van der Waals surface area (Å²) in [5.41, 5.74) is 1.92. The van der Waals surface area contributed by atoms with Crippen LogP contribution in [0.15, 0.2) is 71.9 Å². The molecule has 0 aliphatic carbocycles. The summed E-state index contributed by atoms with van der Waals surface area (Å²) < 4.78 is 34.0. The summed E-state index contributed by atoms with van der Waals surface area (Å²) in [4.78, 5) is 0.216. The van der Waals surface area contributed by atoms with Gasteiger partial charge in [0.2, 0.25) is 10.0 Å². The average Bonchev–Trinajstić information content (AvgIpc) is 3.11. The van der Waals surface area contributed by atoms with Crippen molar-refractivity contribution in [2.45, 2.75) is 11.3 Å². The van der Waals surface area contributed by atoms with Gasteiger partial charge in [-0.2, -0.15) is 5.10 Å². The standard InChI is InChI=1S/C18H19N3O3S/c1-24-17-7-9-18(10-8-17)25(22,23)20-12-11-15-13-19-21(14-15)16-5-3-2-4-6-16/h2-10,13-14,20H,11-12H2,1H3. The van der Waals surface area contributed by atoms with Crippen molar-refractivity contribution in [2.75, 3.05) is 13.7 Å². The molecular weight excluding hydrogens is 338 g/mol. The van der Waals surface area contributed by atoms with Crippen LogP contribution in [0.2, 0.25) is 0 Å². The van der Waals surface area contributed by atoms with Gasteiger partial charge < -0.3 is 4.74 Å². The predicted octanol–water partition coefficient (Wildman–Crippen LogP) is 2.40. The lowest BCUT2D eigenvalue weighted by atomic mass is 10.2. The highest BCUT2D eigenvalue weighted by Gasteiger charge is 2.13. The second kappa shape index (κ2) is 7.50. The first-order valence-corrected chi connectivity index (χ1v) is 9.29. The smallest absolute Gasteiger partial charge is 0.240 e. The number of sulfonamides is 1. The van der Waals surface area contributed by atoms with Crippen molar-refractivity contribution in [2.24, 2.45) is 0 Å². The molecule has 130 valence electrons. The van der Waals surface area contributed by atoms with E-state index in [1.165, 1.54) is 19.2 Å². The Balaban J connectivity index is 1.59. The molecule has 1 aromatic heterocycles. The number of hydrogen-bond acceptors (Lipinski definition) is 4. The van der Waals surface area contributed by atoms with Gasteiger partial charge in [-0.25, -0.2) is 17.8 Å². The summed E-state index contributed by atoms with van der Waals surface area (Å²) in [6.45, 7) is 0.300. The fraction of sp³-hybridized carbons (Fsp3) is 0.167. The van der Waals surface area contributed by atoms with E-state index in [0.717, 1.165) is 11.3 Å². The molecule has 0 radical (unpaired) electrons. The maximum absolute atomic E-state index is 12.3. The molecule has 0 bridgehead atoms. The monoisotopic (exact) mass is 357 g/mol. The minimum Gasteiger partial charge on any atom is -0.497 e. The number of rotatable bonds is 7. The van der Waals surface area contributed by atoms with Crippen LogP contribution >= 0.6 is 0 Å². The molecule has 25 heavy (non-hydrogen) atoms. The second-order valence-electron chi connectivity index (χ2n) is 5.45. The second-order valence-corrected chi connectivity index (χ2v) is 7.22. The summed E-state index contributed by atoms with van der Waals surface area (Å²) in [6.07, 6.45) is 4.20. The van der Waals surface area contributed by atoms with Crippen LogP contribution < -0.4 is 9.46 Å². The highest BCUT2D eigenvalue weighted by Crippen LogP contribution is 2.15. The van der Waals surface area contributed by atoms with Crippen molar-refractivity contribution in [1.82, 2.24) is 14.5 Å². The summed E-state index contributed by atoms with van der Waals surface area (Å²) in [6, 6.07) is 16.0. The van der Waals surface area contributed by atoms with E-state index in [0.29, 0.717) is 18.7 Å². The molecule has 0 saturated heterocycles. The number of ether oxygens (including phenoxy) is 1. The van der Waals surface area contributed by atoms with E-state index in [1.807, 2.05) is 36.5 Å². The Morgan fingerprint density at radius 3 is 2.48 bits per heavy atom. The molecule has 0 unspecified atom stereocenters. The number of aromatic nitrogens is 2. The molecule has 0 spiro atoms. The van der Waals surface area contributed by atoms with Crippen molar-refractivity contribution in [3.8, 4) is 11.4 Å². The zero-order chi connectivity index (χ0) is 17.7. The zero-order valence-electron chi connectivity index (χ0n) is 13.8. The minimum absolute atomic E-state index is 0.216. The fourth-order valence-corrected chi connectivity index (χ4v) is 3.41. The van der Waals surface area contributed by atoms with Gasteiger partial charge in [0.05, 0.1) is 23.9 Å². The first kappa shape index (κ1) is 17.2. The normalized spacial score (nSPS) is 11.4. The number of benzene rings is 2. The lowest BCUT2D eigenvalue weighted by Gasteiger charge is -2.07. The highest BCUT2D eigenvalue weighted by molar-refractivity contribution is 7.89. The molecule has 3 rings (SSSR count). The molecule has 7 heteroatoms. The Morgan fingerprint density at radius 2 is 1.80 bits per heavy atom. The van der Waals surface area contributed by atoms with Crippen molar-refractivity contribution in [3.63, 3.8) is 0 Å². The molecule has 0 amide bonds. The fourth-order valence-electron chi connectivity index (χ4n) is 2.38. The van der Waals surface area contributed by atoms with Crippen LogP contribution in [0.4, 0.5) is 0 Å². The maximum atomic E-state index is 12.3. The molecule has 0 saturated carbocycles. The van der Waals surface area contributed by atoms with E-state index in [2.05, 4.69) is 9.82 Å². The first-order valence-electron chi connectivity index (χ1n) is 7.81. The van der Waals surface area contributed by atoms with Crippen molar-refractivity contribution in [3.05, 3.63) is 72.6 Å². The lowest BCUT2D eigenvalue weighted by Crippen LogP contribution is -2.25. The van der Waals surface area contributed by atoms with E-state index in [4.69, 9.17) is 4.74 Å². The van der Waals surface area contributed by atoms with Crippen molar-refractivity contribution >= 4 is 10.0 Å². The Morgan fingerprint density at radius 1 is 1.08 bits per heavy atom. The van der Waals surface area contributed by atoms with E-state index >= 15 is 0 Å². The summed E-state index contributed by atoms with van der Waals surface area (Å²) in [5, 5.41) is 4.30. The molecular formula is C18H19N3O3S. The van der Waals surface area contributed by atoms with Gasteiger partial charge >= 0.3 is 0 Å². The minimum atomic E-state index is -3.53. The summed E-state index contributed by atoms with van der Waals surface area (Å²) >= 11 is 0. The highest BCUT2D eigenvalue weighted by atomic mass is 32.2. The lowest BCUT2D eigenvalue weighted by molar-refractivity contribution is 0.414. The maximum Gasteiger partial charge on any atom is 0.240 e. The average molecular weight is 357 g/mol. The first-order chi connectivity index (χ1) is 12.1. The number of para-hydroxylation sites is 1. The molecule has 0 atom stereocenters. The molecule has 0 fully saturated rings. The largest absolute Gasteiger partial charge is 0.497 e. The van der Waals surface area contributed by atoms with Crippen LogP contribution in [-0.2, 0) is 16.4 Å². The van der Waals surface area contributed by atoms with E-state index in [1.54, 1.807) is 23.0 Å². The van der Waals surface area contributed by atoms with Crippen LogP contribution in [0.25, 0.3) is 5.69 Å². The van der Waals surface area contributed by atoms with Crippen LogP contribution in [0.3, 0.4) is 0 Å². The topological polar surface area (TPSA) is 73.2 Å². The van der Waals surface area contributed by atoms with Crippen molar-refractivity contribution in [1.29, 1.82) is 0 Å². The zero-order valence-corrected chi connectivity index (χ0v) is 14.6. The van der Waals surface area contributed by atoms with E-state index in [9.17, 15) is 8.42 Å². The Kier molecular flexibility index (Phi) is 5.16. The summed E-state index contributed by atoms with van der Waals surface area (Å²) in [5.74, 6) is 0.618. The van der Waals surface area contributed by atoms with Gasteiger partial charge in [-0.3, -0.25) is 0 Å². The van der Waals surface area contributed by atoms with Gasteiger partial charge in [0.15, 0.2) is 0 Å². The van der Waals surface area contributed by atoms with Crippen LogP contribution in [0.5, 0.6) is 5.75 Å². The Bertz CT molecular complexity index is 920. The molecule has 6 nitrogen and oxygen atoms in total. The van der Waals surface area contributed by atoms with Gasteiger partial charge in [0.25, 0.3) is 0 Å². The number of nitrogens with zero attached hydrogens (tertiary/aromatic N) is 2. The predicted molar refractivity (Wildman–Crippen MR) is 95.5 cm³/mol. The SMILES string of the molecule is COc1ccc(S(=O)(=O)NCCc2cnn(-c3ccccc3)c2)cc1. The molecule has 0 aliphatic heterocycles. The van der Waals surface area contributed by atoms with Gasteiger partial charge in [0.1, 0.15) is 5.75 Å². The van der Waals surface area contributed by atoms with E-state index < -0.39 is 10.0 Å². The molecule has 2 aromatic carbocycles. The molecule has 1 N–H and O–H groups in total. The van der Waals surface area contributed by atoms with Gasteiger partial charge in [-0.05, 0) is 48.4 Å². The van der Waals surface area contributed by atoms with Gasteiger partial charge in [0, 0.05) is 12.7 Å². The van der Waals surface area contributed by atoms with Crippen LogP contribution in [0, 0.1) is 0 Å². The van der Waals surface area contributed by atoms with Gasteiger partial charge in [-0.1, -0.05) is 18.2 Å². The van der Waals surface area contributed by atoms with Crippen LogP contribution in [0.1, 0.15) is 5.56 Å². The van der Waals surface area contributed by atoms with E-state index in [-0.39, 0.29) is 4.90 Å². The number of nitrogens with one attached hydrogen (secondary N) is 1. The quantitative estimate of drug-likeness (QED) is 0.705. The van der Waals surface area contributed by atoms with Gasteiger partial charge in [-0.15, -0.1) is 0 Å². The third kappa shape index (κ3) is 4.26. The third-order valence-corrected chi connectivity index (χ3v) is 5.21. The molecule has 1 heterocycles. The molecule has 3 aromatic rings. The Hall–Kier alpha value is -2.64. The Labute approximate surface area is 147 Å². The van der Waals surface area contributed by atoms with Crippen molar-refractivity contribution < 1.29 is 13.2 Å². The molecule has 0 aliphatic rings. The number of methoxy groups -OCH3 is 1. The number of hydrogen-bond donors (Lipinski definition) is 1. The third-order valence-electron chi connectivity index (χ3n) is 3.73. The van der Waals surface area contributed by atoms with Crippen LogP contribution in [-0.4, -0.2) is 31.9 Å².